The Morgan fingerprint density at radius 3 is 2.63 bits per heavy atom. The van der Waals surface area contributed by atoms with Gasteiger partial charge in [0.25, 0.3) is 0 Å². The maximum absolute atomic E-state index is 12.4. The minimum absolute atomic E-state index is 0.158. The molecule has 0 saturated carbocycles. The average molecular weight is 264 g/mol. The van der Waals surface area contributed by atoms with Crippen molar-refractivity contribution >= 4 is 11.8 Å². The molecule has 4 heteroatoms. The molecule has 0 spiro atoms. The first-order valence-electron chi connectivity index (χ1n) is 6.28. The van der Waals surface area contributed by atoms with Gasteiger partial charge in [0, 0.05) is 12.0 Å². The van der Waals surface area contributed by atoms with Gasteiger partial charge in [-0.3, -0.25) is 9.59 Å². The Morgan fingerprint density at radius 2 is 2.16 bits per heavy atom. The lowest BCUT2D eigenvalue weighted by atomic mass is 9.79. The first-order valence-corrected chi connectivity index (χ1v) is 6.28. The predicted octanol–water partition coefficient (Wildman–Crippen LogP) is 2.85. The van der Waals surface area contributed by atoms with E-state index in [1.807, 2.05) is 6.92 Å². The minimum atomic E-state index is -1.18. The predicted molar refractivity (Wildman–Crippen MR) is 71.7 cm³/mol. The van der Waals surface area contributed by atoms with Gasteiger partial charge in [0.2, 0.25) is 0 Å². The van der Waals surface area contributed by atoms with Crippen LogP contribution in [0.15, 0.2) is 29.6 Å². The van der Waals surface area contributed by atoms with Crippen molar-refractivity contribution in [2.75, 3.05) is 6.61 Å². The van der Waals surface area contributed by atoms with Crippen LogP contribution in [0.3, 0.4) is 0 Å². The zero-order valence-electron chi connectivity index (χ0n) is 11.7. The molecule has 0 saturated heterocycles. The quantitative estimate of drug-likeness (QED) is 0.431. The second kappa shape index (κ2) is 6.36. The zero-order valence-corrected chi connectivity index (χ0v) is 11.7. The normalized spacial score (nSPS) is 13.6. The van der Waals surface area contributed by atoms with E-state index in [1.54, 1.807) is 26.2 Å². The zero-order chi connectivity index (χ0) is 14.5. The van der Waals surface area contributed by atoms with Gasteiger partial charge in [-0.2, -0.15) is 0 Å². The molecule has 19 heavy (non-hydrogen) atoms. The molecular weight excluding hydrogens is 244 g/mol. The van der Waals surface area contributed by atoms with Crippen LogP contribution < -0.4 is 0 Å². The Morgan fingerprint density at radius 1 is 1.47 bits per heavy atom. The molecule has 0 aliphatic carbocycles. The van der Waals surface area contributed by atoms with Crippen molar-refractivity contribution in [1.82, 2.24) is 0 Å². The van der Waals surface area contributed by atoms with Crippen LogP contribution in [0, 0.1) is 12.3 Å². The summed E-state index contributed by atoms with van der Waals surface area (Å²) in [4.78, 5) is 24.4. The number of allylic oxidation sites excluding steroid dienone is 1. The molecule has 0 bridgehead atoms. The van der Waals surface area contributed by atoms with Crippen LogP contribution in [0.25, 0.3) is 0 Å². The van der Waals surface area contributed by atoms with Crippen molar-refractivity contribution in [3.63, 3.8) is 0 Å². The first-order chi connectivity index (χ1) is 8.95. The van der Waals surface area contributed by atoms with Gasteiger partial charge in [-0.25, -0.2) is 0 Å². The fourth-order valence-electron chi connectivity index (χ4n) is 1.83. The second-order valence-electron chi connectivity index (χ2n) is 4.73. The number of ether oxygens (including phenoxy) is 1. The number of Topliss-reactive ketones (excluding diaryl/α,β-unsaturated/α-hetero) is 1. The van der Waals surface area contributed by atoms with Crippen molar-refractivity contribution in [2.24, 2.45) is 5.41 Å². The average Bonchev–Trinajstić information content (AvgIpc) is 2.75. The van der Waals surface area contributed by atoms with Gasteiger partial charge >= 0.3 is 5.97 Å². The van der Waals surface area contributed by atoms with Gasteiger partial charge in [0.05, 0.1) is 19.1 Å². The third-order valence-corrected chi connectivity index (χ3v) is 3.21. The third-order valence-electron chi connectivity index (χ3n) is 3.21. The number of hydrogen-bond donors (Lipinski definition) is 0. The Labute approximate surface area is 113 Å². The summed E-state index contributed by atoms with van der Waals surface area (Å²) in [7, 11) is 0. The number of rotatable bonds is 7. The Bertz CT molecular complexity index is 472. The second-order valence-corrected chi connectivity index (χ2v) is 4.73. The molecule has 0 N–H and O–H groups in total. The summed E-state index contributed by atoms with van der Waals surface area (Å²) in [5.41, 5.74) is 0.518. The van der Waals surface area contributed by atoms with Crippen LogP contribution in [-0.4, -0.2) is 18.4 Å². The highest BCUT2D eigenvalue weighted by Crippen LogP contribution is 2.28. The largest absolute Gasteiger partial charge is 0.472 e. The highest BCUT2D eigenvalue weighted by Gasteiger charge is 2.41. The fourth-order valence-corrected chi connectivity index (χ4v) is 1.83. The molecule has 1 heterocycles. The van der Waals surface area contributed by atoms with E-state index in [9.17, 15) is 9.59 Å². The van der Waals surface area contributed by atoms with Gasteiger partial charge < -0.3 is 9.15 Å². The van der Waals surface area contributed by atoms with E-state index in [0.29, 0.717) is 0 Å². The summed E-state index contributed by atoms with van der Waals surface area (Å²) in [6.45, 7) is 9.04. The summed E-state index contributed by atoms with van der Waals surface area (Å²) in [5.74, 6) is -0.684. The van der Waals surface area contributed by atoms with Crippen molar-refractivity contribution < 1.29 is 18.7 Å². The molecule has 0 aromatic carbocycles. The number of ketones is 1. The number of carbonyl (C=O) groups is 2. The maximum Gasteiger partial charge on any atom is 0.319 e. The van der Waals surface area contributed by atoms with Crippen molar-refractivity contribution in [3.05, 3.63) is 36.3 Å². The molecule has 1 aromatic heterocycles. The topological polar surface area (TPSA) is 56.5 Å². The summed E-state index contributed by atoms with van der Waals surface area (Å²) < 4.78 is 10.0. The third kappa shape index (κ3) is 3.34. The molecule has 4 nitrogen and oxygen atoms in total. The van der Waals surface area contributed by atoms with Crippen molar-refractivity contribution in [2.45, 2.75) is 33.6 Å². The molecule has 0 fully saturated rings. The molecule has 1 aromatic rings. The van der Waals surface area contributed by atoms with Gasteiger partial charge in [-0.15, -0.1) is 6.58 Å². The summed E-state index contributed by atoms with van der Waals surface area (Å²) in [6, 6.07) is 0. The van der Waals surface area contributed by atoms with E-state index < -0.39 is 11.4 Å². The molecule has 104 valence electrons. The van der Waals surface area contributed by atoms with Gasteiger partial charge in [0.1, 0.15) is 5.41 Å². The lowest BCUT2D eigenvalue weighted by molar-refractivity contribution is -0.158. The molecule has 1 unspecified atom stereocenters. The molecule has 0 amide bonds. The van der Waals surface area contributed by atoms with E-state index in [0.717, 1.165) is 11.1 Å². The van der Waals surface area contributed by atoms with E-state index in [4.69, 9.17) is 9.15 Å². The minimum Gasteiger partial charge on any atom is -0.472 e. The van der Waals surface area contributed by atoms with Crippen LogP contribution in [-0.2, 0) is 20.7 Å². The Kier molecular flexibility index (Phi) is 5.10. The molecular formula is C15H20O4. The highest BCUT2D eigenvalue weighted by molar-refractivity contribution is 6.04. The molecule has 1 rings (SSSR count). The van der Waals surface area contributed by atoms with Crippen molar-refractivity contribution in [3.8, 4) is 0 Å². The lowest BCUT2D eigenvalue weighted by Gasteiger charge is -2.24. The number of hydrogen-bond acceptors (Lipinski definition) is 4. The summed E-state index contributed by atoms with van der Waals surface area (Å²) in [5, 5.41) is 0. The van der Waals surface area contributed by atoms with E-state index in [1.165, 1.54) is 6.26 Å². The fraction of sp³-hybridized carbons (Fsp3) is 0.467. The van der Waals surface area contributed by atoms with Crippen LogP contribution in [0.1, 0.15) is 31.4 Å². The molecule has 0 aliphatic rings. The first kappa shape index (κ1) is 15.2. The van der Waals surface area contributed by atoms with Crippen LogP contribution in [0.5, 0.6) is 0 Å². The van der Waals surface area contributed by atoms with E-state index in [2.05, 4.69) is 6.58 Å². The maximum atomic E-state index is 12.4. The van der Waals surface area contributed by atoms with Gasteiger partial charge in [-0.05, 0) is 32.8 Å². The molecule has 1 atom stereocenters. The van der Waals surface area contributed by atoms with Crippen molar-refractivity contribution in [1.29, 1.82) is 0 Å². The van der Waals surface area contributed by atoms with Crippen LogP contribution in [0.2, 0.25) is 0 Å². The number of aryl methyl sites for hydroxylation is 1. The lowest BCUT2D eigenvalue weighted by Crippen LogP contribution is -2.38. The van der Waals surface area contributed by atoms with Crippen LogP contribution in [0.4, 0.5) is 0 Å². The monoisotopic (exact) mass is 264 g/mol. The number of furan rings is 1. The standard InChI is InChI=1S/C15H20O4/c1-5-7-15(4,14(17)19-6-2)13(16)8-12-10-18-9-11(12)3/h5,9-10H,1,6-8H2,2-4H3. The molecule has 0 aliphatic heterocycles. The van der Waals surface area contributed by atoms with Gasteiger partial charge in [0.15, 0.2) is 5.78 Å². The summed E-state index contributed by atoms with van der Waals surface area (Å²) in [6.07, 6.45) is 5.11. The molecule has 0 radical (unpaired) electrons. The number of carbonyl (C=O) groups excluding carboxylic acids is 2. The van der Waals surface area contributed by atoms with E-state index in [-0.39, 0.29) is 25.2 Å². The Balaban J connectivity index is 2.92. The number of esters is 1. The smallest absolute Gasteiger partial charge is 0.319 e. The van der Waals surface area contributed by atoms with Gasteiger partial charge in [-0.1, -0.05) is 6.08 Å². The highest BCUT2D eigenvalue weighted by atomic mass is 16.5. The SMILES string of the molecule is C=CCC(C)(C(=O)Cc1cocc1C)C(=O)OCC. The van der Waals surface area contributed by atoms with Crippen LogP contribution >= 0.6 is 0 Å². The summed E-state index contributed by atoms with van der Waals surface area (Å²) >= 11 is 0. The van der Waals surface area contributed by atoms with E-state index >= 15 is 0 Å². The Hall–Kier alpha value is -1.84.